The second-order valence-corrected chi connectivity index (χ2v) is 15.9. The molecule has 27 heteroatoms. The van der Waals surface area contributed by atoms with E-state index in [1.807, 2.05) is 5.32 Å². The van der Waals surface area contributed by atoms with Crippen molar-refractivity contribution in [2.75, 3.05) is 12.3 Å². The number of nitrogens with one attached hydrogen (secondary N) is 6. The predicted octanol–water partition coefficient (Wildman–Crippen LogP) is -1.75. The normalized spacial score (nSPS) is 13.8. The molecule has 376 valence electrons. The predicted molar refractivity (Wildman–Crippen MR) is 241 cm³/mol. The smallest absolute Gasteiger partial charge is 0.327 e. The van der Waals surface area contributed by atoms with Gasteiger partial charge < -0.3 is 67.9 Å². The van der Waals surface area contributed by atoms with Gasteiger partial charge >= 0.3 is 29.8 Å². The molecular weight excluding hydrogens is 943 g/mol. The van der Waals surface area contributed by atoms with Crippen molar-refractivity contribution in [3.05, 3.63) is 35.9 Å². The van der Waals surface area contributed by atoms with Gasteiger partial charge in [-0.15, -0.1) is 0 Å². The number of carboxylic acid groups (broad SMARTS) is 5. The summed E-state index contributed by atoms with van der Waals surface area (Å²) in [5.74, 6) is -13.2. The second-order valence-electron chi connectivity index (χ2n) is 15.2. The molecule has 1 rings (SSSR count). The second kappa shape index (κ2) is 32.0. The number of ketones is 2. The number of unbranched alkanes of at least 4 members (excludes halogenated alkanes) is 1. The first-order chi connectivity index (χ1) is 32.1. The summed E-state index contributed by atoms with van der Waals surface area (Å²) in [7, 11) is 0. The van der Waals surface area contributed by atoms with Crippen LogP contribution in [0.2, 0.25) is 0 Å². The van der Waals surface area contributed by atoms with E-state index >= 15 is 0 Å². The molecular formula is C41H57N7O18S2. The number of thiocarbonyl (C=S) groups is 1. The quantitative estimate of drug-likeness (QED) is 0.0116. The van der Waals surface area contributed by atoms with Gasteiger partial charge in [0.1, 0.15) is 30.0 Å². The van der Waals surface area contributed by atoms with E-state index in [9.17, 15) is 67.7 Å². The number of nitrogens with two attached hydrogens (primary N) is 1. The van der Waals surface area contributed by atoms with Crippen molar-refractivity contribution in [1.29, 1.82) is 0 Å². The fraction of sp³-hybridized carbons (Fsp3) is 0.537. The van der Waals surface area contributed by atoms with Crippen LogP contribution in [-0.2, 0) is 68.7 Å². The molecule has 25 nitrogen and oxygen atoms in total. The van der Waals surface area contributed by atoms with Gasteiger partial charge in [-0.05, 0) is 49.9 Å². The van der Waals surface area contributed by atoms with Crippen LogP contribution in [0.5, 0.6) is 0 Å². The van der Waals surface area contributed by atoms with Crippen LogP contribution in [0.25, 0.3) is 0 Å². The van der Waals surface area contributed by atoms with Crippen molar-refractivity contribution >= 4 is 101 Å². The van der Waals surface area contributed by atoms with E-state index < -0.39 is 127 Å². The molecule has 1 aromatic carbocycles. The molecule has 0 bridgehead atoms. The molecule has 4 amide bonds. The number of benzene rings is 1. The molecule has 0 spiro atoms. The van der Waals surface area contributed by atoms with E-state index in [-0.39, 0.29) is 87.3 Å². The van der Waals surface area contributed by atoms with Crippen molar-refractivity contribution < 1.29 is 87.8 Å². The third kappa shape index (κ3) is 25.2. The van der Waals surface area contributed by atoms with Crippen LogP contribution in [-0.4, -0.2) is 151 Å². The fourth-order valence-electron chi connectivity index (χ4n) is 6.03. The average Bonchev–Trinajstić information content (AvgIpc) is 3.27. The maximum Gasteiger partial charge on any atom is 0.327 e. The third-order valence-corrected chi connectivity index (χ3v) is 10.3. The van der Waals surface area contributed by atoms with Crippen molar-refractivity contribution in [3.8, 4) is 0 Å². The summed E-state index contributed by atoms with van der Waals surface area (Å²) in [4.78, 5) is 145. The minimum atomic E-state index is -1.74. The Morgan fingerprint density at radius 3 is 1.85 bits per heavy atom. The summed E-state index contributed by atoms with van der Waals surface area (Å²) >= 11 is 8.85. The van der Waals surface area contributed by atoms with Crippen molar-refractivity contribution in [2.45, 2.75) is 120 Å². The first kappa shape index (κ1) is 59.3. The number of Topliss-reactive ketones (excluding diaryl/α,β-unsaturated/α-hetero) is 2. The van der Waals surface area contributed by atoms with E-state index in [1.54, 1.807) is 30.3 Å². The molecule has 0 radical (unpaired) electrons. The Hall–Kier alpha value is -6.74. The van der Waals surface area contributed by atoms with E-state index in [1.165, 1.54) is 0 Å². The van der Waals surface area contributed by atoms with Crippen LogP contribution >= 0.6 is 24.8 Å². The molecule has 0 saturated heterocycles. The lowest BCUT2D eigenvalue weighted by atomic mass is 9.91. The highest BCUT2D eigenvalue weighted by molar-refractivity contribution is 7.80. The van der Waals surface area contributed by atoms with Gasteiger partial charge in [-0.25, -0.2) is 9.59 Å². The number of rotatable bonds is 36. The first-order valence-electron chi connectivity index (χ1n) is 21.0. The summed E-state index contributed by atoms with van der Waals surface area (Å²) in [5.41, 5.74) is 6.44. The van der Waals surface area contributed by atoms with Crippen molar-refractivity contribution in [1.82, 2.24) is 31.9 Å². The summed E-state index contributed by atoms with van der Waals surface area (Å²) in [6, 6.07) is 1.21. The standard InChI is InChI=1S/C41H57N7O18S2/c42-25(36(58)45-28(18-35(56)57)37(59)46-29(20-67)40(64)65)19-43-31(52)13-10-23(38(60)61)17-30(51)27(16-22-6-2-1-3-7-22)44-32(53)9-5-4-8-24(50)11-12-26(39(62)63)47-41(68)48-33(66-21-49)14-15-34(54)55/h1-3,6-7,21,23,25-29,33,67H,4-5,8-20,42H2,(H,43,52)(H,44,53)(H,45,58)(H,46,59)(H,54,55)(H,56,57)(H,60,61)(H,62,63)(H,64,65)(H2,47,48,68)/t23-,25+,26+,27+,28+,29+,33-/m1/s1. The molecule has 0 saturated carbocycles. The van der Waals surface area contributed by atoms with Gasteiger partial charge in [-0.2, -0.15) is 12.6 Å². The van der Waals surface area contributed by atoms with Gasteiger partial charge in [-0.1, -0.05) is 30.3 Å². The molecule has 13 N–H and O–H groups in total. The van der Waals surface area contributed by atoms with Crippen LogP contribution in [0.1, 0.15) is 82.6 Å². The number of aliphatic carboxylic acids is 5. The highest BCUT2D eigenvalue weighted by Gasteiger charge is 2.31. The highest BCUT2D eigenvalue weighted by Crippen LogP contribution is 2.17. The molecule has 0 aromatic heterocycles. The molecule has 7 atom stereocenters. The Labute approximate surface area is 399 Å². The van der Waals surface area contributed by atoms with E-state index in [2.05, 4.69) is 39.2 Å². The summed E-state index contributed by atoms with van der Waals surface area (Å²) in [6.45, 7) is -0.480. The number of thiol groups is 1. The third-order valence-electron chi connectivity index (χ3n) is 9.75. The Morgan fingerprint density at radius 2 is 1.28 bits per heavy atom. The lowest BCUT2D eigenvalue weighted by molar-refractivity contribution is -0.144. The van der Waals surface area contributed by atoms with Crippen LogP contribution in [0.3, 0.4) is 0 Å². The largest absolute Gasteiger partial charge is 0.481 e. The molecule has 0 aliphatic carbocycles. The Morgan fingerprint density at radius 1 is 0.647 bits per heavy atom. The Kier molecular flexibility index (Phi) is 27.9. The maximum atomic E-state index is 13.6. The van der Waals surface area contributed by atoms with E-state index in [0.717, 1.165) is 0 Å². The van der Waals surface area contributed by atoms with Crippen LogP contribution in [0.15, 0.2) is 30.3 Å². The monoisotopic (exact) mass is 999 g/mol. The molecule has 1 aromatic rings. The lowest BCUT2D eigenvalue weighted by Crippen LogP contribution is -2.57. The average molecular weight is 1000 g/mol. The molecule has 0 fully saturated rings. The highest BCUT2D eigenvalue weighted by atomic mass is 32.1. The van der Waals surface area contributed by atoms with Crippen LogP contribution in [0.4, 0.5) is 0 Å². The summed E-state index contributed by atoms with van der Waals surface area (Å²) < 4.78 is 4.72. The molecule has 0 unspecified atom stereocenters. The minimum Gasteiger partial charge on any atom is -0.481 e. The topological polar surface area (TPSA) is 413 Å². The summed E-state index contributed by atoms with van der Waals surface area (Å²) in [5, 5.41) is 60.4. The van der Waals surface area contributed by atoms with Gasteiger partial charge in [0.25, 0.3) is 6.47 Å². The van der Waals surface area contributed by atoms with E-state index in [4.69, 9.17) is 38.0 Å². The van der Waals surface area contributed by atoms with Crippen LogP contribution in [0, 0.1) is 5.92 Å². The van der Waals surface area contributed by atoms with Crippen molar-refractivity contribution in [2.24, 2.45) is 11.7 Å². The number of hydrogen-bond donors (Lipinski definition) is 13. The SMILES string of the molecule is N[C@@H](CNC(=O)CC[C@H](CC(=O)[C@H](Cc1ccccc1)NC(=O)CCCCC(=O)CC[C@H](NC(=S)N[C@@H](CCC(=O)O)OC=O)C(=O)O)C(=O)O)C(=O)N[C@@H](CC(=O)O)C(=O)N[C@@H](CS)C(=O)O. The lowest BCUT2D eigenvalue weighted by Gasteiger charge is -2.21. The van der Waals surface area contributed by atoms with Gasteiger partial charge in [0.05, 0.1) is 24.8 Å². The van der Waals surface area contributed by atoms with Gasteiger partial charge in [-0.3, -0.25) is 47.9 Å². The van der Waals surface area contributed by atoms with Crippen molar-refractivity contribution in [3.63, 3.8) is 0 Å². The van der Waals surface area contributed by atoms with Gasteiger partial charge in [0.15, 0.2) is 17.1 Å². The zero-order chi connectivity index (χ0) is 51.3. The molecule has 0 aliphatic heterocycles. The zero-order valence-corrected chi connectivity index (χ0v) is 38.3. The number of amides is 4. The van der Waals surface area contributed by atoms with Gasteiger partial charge in [0, 0.05) is 50.8 Å². The number of carbonyl (C=O) groups excluding carboxylic acids is 7. The number of ether oxygens (including phenoxy) is 1. The summed E-state index contributed by atoms with van der Waals surface area (Å²) in [6.07, 6.45) is -4.17. The fourth-order valence-corrected chi connectivity index (χ4v) is 6.55. The number of carbonyl (C=O) groups is 12. The minimum absolute atomic E-state index is 0.00811. The number of carboxylic acids is 5. The maximum absolute atomic E-state index is 13.6. The van der Waals surface area contributed by atoms with Crippen LogP contribution < -0.4 is 37.6 Å². The Bertz CT molecular complexity index is 1960. The molecule has 0 heterocycles. The zero-order valence-electron chi connectivity index (χ0n) is 36.6. The molecule has 68 heavy (non-hydrogen) atoms. The van der Waals surface area contributed by atoms with Gasteiger partial charge in [0.2, 0.25) is 23.6 Å². The molecule has 0 aliphatic rings. The number of hydrogen-bond acceptors (Lipinski definition) is 16. The first-order valence-corrected chi connectivity index (χ1v) is 22.0. The van der Waals surface area contributed by atoms with E-state index in [0.29, 0.717) is 5.56 Å². The Balaban J connectivity index is 2.77.